The van der Waals surface area contributed by atoms with Gasteiger partial charge in [-0.25, -0.2) is 9.79 Å². The Morgan fingerprint density at radius 1 is 1.71 bits per heavy atom. The topological polar surface area (TPSA) is 64.7 Å². The second-order valence-electron chi connectivity index (χ2n) is 3.45. The van der Waals surface area contributed by atoms with Crippen LogP contribution in [0.3, 0.4) is 0 Å². The van der Waals surface area contributed by atoms with E-state index in [4.69, 9.17) is 17.3 Å². The number of esters is 1. The van der Waals surface area contributed by atoms with E-state index in [-0.39, 0.29) is 5.25 Å². The van der Waals surface area contributed by atoms with Gasteiger partial charge in [0.2, 0.25) is 0 Å². The molecule has 2 atom stereocenters. The monoisotopic (exact) mass is 290 g/mol. The number of carbonyl (C=O) groups is 1. The number of nitrogens with two attached hydrogens (primary N) is 1. The summed E-state index contributed by atoms with van der Waals surface area (Å²) in [6, 6.07) is 0. The lowest BCUT2D eigenvalue weighted by Gasteiger charge is -2.23. The van der Waals surface area contributed by atoms with E-state index in [2.05, 4.69) is 9.73 Å². The van der Waals surface area contributed by atoms with E-state index in [0.717, 1.165) is 10.1 Å². The van der Waals surface area contributed by atoms with Gasteiger partial charge in [0.15, 0.2) is 0 Å². The maximum absolute atomic E-state index is 11.5. The van der Waals surface area contributed by atoms with Crippen LogP contribution in [0.15, 0.2) is 28.0 Å². The number of allylic oxidation sites excluding steroid dienone is 1. The molecule has 0 aromatic heterocycles. The number of rotatable bonds is 1. The Morgan fingerprint density at radius 2 is 2.41 bits per heavy atom. The SMILES string of the molecule is COC(=O)C1=C(N)C(Cl)C2SC(SC)=NC2=C1. The molecule has 92 valence electrons. The number of carbonyl (C=O) groups excluding carboxylic acids is 1. The van der Waals surface area contributed by atoms with Crippen LogP contribution in [-0.2, 0) is 9.53 Å². The fourth-order valence-corrected chi connectivity index (χ4v) is 3.79. The van der Waals surface area contributed by atoms with Crippen molar-refractivity contribution >= 4 is 45.5 Å². The van der Waals surface area contributed by atoms with E-state index in [0.29, 0.717) is 11.3 Å². The Balaban J connectivity index is 2.39. The quantitative estimate of drug-likeness (QED) is 0.588. The van der Waals surface area contributed by atoms with Crippen molar-refractivity contribution < 1.29 is 9.53 Å². The predicted molar refractivity (Wildman–Crippen MR) is 73.3 cm³/mol. The zero-order chi connectivity index (χ0) is 12.6. The molecule has 2 unspecified atom stereocenters. The van der Waals surface area contributed by atoms with Crippen molar-refractivity contribution in [2.45, 2.75) is 10.6 Å². The lowest BCUT2D eigenvalue weighted by molar-refractivity contribution is -0.135. The molecule has 1 aliphatic heterocycles. The number of halogens is 1. The number of nitrogens with zero attached hydrogens (tertiary/aromatic N) is 1. The number of alkyl halides is 1. The molecule has 0 saturated carbocycles. The number of hydrogen-bond acceptors (Lipinski definition) is 6. The van der Waals surface area contributed by atoms with E-state index in [1.54, 1.807) is 29.6 Å². The Bertz CT molecular complexity index is 459. The fraction of sp³-hybridized carbons (Fsp3) is 0.400. The summed E-state index contributed by atoms with van der Waals surface area (Å²) in [5, 5.41) is -0.435. The van der Waals surface area contributed by atoms with Crippen molar-refractivity contribution in [3.05, 3.63) is 23.0 Å². The number of fused-ring (bicyclic) bond motifs is 1. The van der Waals surface area contributed by atoms with Crippen LogP contribution >= 0.6 is 35.1 Å². The summed E-state index contributed by atoms with van der Waals surface area (Å²) in [5.74, 6) is -0.475. The lowest BCUT2D eigenvalue weighted by Crippen LogP contribution is -2.31. The second kappa shape index (κ2) is 4.96. The maximum Gasteiger partial charge on any atom is 0.339 e. The molecular formula is C10H11ClN2O2S2. The second-order valence-corrected chi connectivity index (χ2v) is 6.11. The summed E-state index contributed by atoms with van der Waals surface area (Å²) in [6.45, 7) is 0. The maximum atomic E-state index is 11.5. The van der Waals surface area contributed by atoms with Gasteiger partial charge >= 0.3 is 5.97 Å². The minimum Gasteiger partial charge on any atom is -0.465 e. The highest BCUT2D eigenvalue weighted by Crippen LogP contribution is 2.42. The van der Waals surface area contributed by atoms with E-state index < -0.39 is 11.3 Å². The summed E-state index contributed by atoms with van der Waals surface area (Å²) in [4.78, 5) is 15.9. The molecule has 0 spiro atoms. The minimum atomic E-state index is -0.475. The molecular weight excluding hydrogens is 280 g/mol. The van der Waals surface area contributed by atoms with Crippen molar-refractivity contribution in [1.29, 1.82) is 0 Å². The number of hydrogen-bond donors (Lipinski definition) is 1. The van der Waals surface area contributed by atoms with Gasteiger partial charge in [0, 0.05) is 5.70 Å². The average Bonchev–Trinajstić information content (AvgIpc) is 2.76. The summed E-state index contributed by atoms with van der Waals surface area (Å²) < 4.78 is 5.61. The van der Waals surface area contributed by atoms with Gasteiger partial charge in [-0.3, -0.25) is 0 Å². The zero-order valence-corrected chi connectivity index (χ0v) is 11.7. The molecule has 4 nitrogen and oxygen atoms in total. The number of methoxy groups -OCH3 is 1. The van der Waals surface area contributed by atoms with Gasteiger partial charge in [0.1, 0.15) is 4.38 Å². The molecule has 17 heavy (non-hydrogen) atoms. The Morgan fingerprint density at radius 3 is 3.00 bits per heavy atom. The number of aliphatic imine (C=N–C) groups is 1. The predicted octanol–water partition coefficient (Wildman–Crippen LogP) is 1.71. The van der Waals surface area contributed by atoms with Gasteiger partial charge in [-0.15, -0.1) is 23.4 Å². The van der Waals surface area contributed by atoms with Crippen LogP contribution in [0.1, 0.15) is 0 Å². The first-order valence-electron chi connectivity index (χ1n) is 4.81. The first kappa shape index (κ1) is 12.9. The molecule has 0 saturated heterocycles. The molecule has 2 aliphatic rings. The van der Waals surface area contributed by atoms with E-state index in [1.165, 1.54) is 7.11 Å². The van der Waals surface area contributed by atoms with Gasteiger partial charge in [-0.05, 0) is 12.3 Å². The third-order valence-electron chi connectivity index (χ3n) is 2.49. The van der Waals surface area contributed by atoms with Crippen molar-refractivity contribution in [3.63, 3.8) is 0 Å². The highest BCUT2D eigenvalue weighted by molar-refractivity contribution is 8.39. The minimum absolute atomic E-state index is 0.00692. The van der Waals surface area contributed by atoms with E-state index in [1.807, 2.05) is 6.26 Å². The molecule has 0 amide bonds. The van der Waals surface area contributed by atoms with Crippen molar-refractivity contribution in [2.24, 2.45) is 10.7 Å². The molecule has 1 heterocycles. The molecule has 0 aromatic carbocycles. The zero-order valence-electron chi connectivity index (χ0n) is 9.27. The molecule has 0 aromatic rings. The molecule has 1 aliphatic carbocycles. The molecule has 0 bridgehead atoms. The Hall–Kier alpha value is -0.590. The highest BCUT2D eigenvalue weighted by atomic mass is 35.5. The molecule has 7 heteroatoms. The van der Waals surface area contributed by atoms with Crippen LogP contribution in [-0.4, -0.2) is 34.3 Å². The van der Waals surface area contributed by atoms with Gasteiger partial charge in [0.05, 0.1) is 29.0 Å². The normalized spacial score (nSPS) is 27.5. The first-order chi connectivity index (χ1) is 8.08. The molecule has 2 rings (SSSR count). The standard InChI is InChI=1S/C10H11ClN2O2S2/c1-15-9(14)4-3-5-8(6(11)7(4)12)17-10(13-5)16-2/h3,6,8H,12H2,1-2H3. The van der Waals surface area contributed by atoms with Crippen LogP contribution < -0.4 is 5.73 Å². The van der Waals surface area contributed by atoms with Gasteiger partial charge in [0.25, 0.3) is 0 Å². The van der Waals surface area contributed by atoms with E-state index >= 15 is 0 Å². The fourth-order valence-electron chi connectivity index (χ4n) is 1.61. The van der Waals surface area contributed by atoms with Gasteiger partial charge in [-0.2, -0.15) is 0 Å². The van der Waals surface area contributed by atoms with Crippen LogP contribution in [0.2, 0.25) is 0 Å². The van der Waals surface area contributed by atoms with Crippen molar-refractivity contribution in [2.75, 3.05) is 13.4 Å². The lowest BCUT2D eigenvalue weighted by atomic mass is 10.0. The Labute approximate surface area is 113 Å². The van der Waals surface area contributed by atoms with Gasteiger partial charge < -0.3 is 10.5 Å². The van der Waals surface area contributed by atoms with Crippen molar-refractivity contribution in [3.8, 4) is 0 Å². The Kier molecular flexibility index (Phi) is 3.75. The smallest absolute Gasteiger partial charge is 0.339 e. The third kappa shape index (κ3) is 2.21. The summed E-state index contributed by atoms with van der Waals surface area (Å²) >= 11 is 9.38. The third-order valence-corrected chi connectivity index (χ3v) is 5.41. The summed E-state index contributed by atoms with van der Waals surface area (Å²) in [5.41, 5.74) is 7.33. The van der Waals surface area contributed by atoms with E-state index in [9.17, 15) is 4.79 Å². The summed E-state index contributed by atoms with van der Waals surface area (Å²) in [6.07, 6.45) is 3.62. The molecule has 2 N–H and O–H groups in total. The molecule has 0 radical (unpaired) electrons. The van der Waals surface area contributed by atoms with Crippen LogP contribution in [0.25, 0.3) is 0 Å². The first-order valence-corrected chi connectivity index (χ1v) is 7.35. The average molecular weight is 291 g/mol. The summed E-state index contributed by atoms with van der Waals surface area (Å²) in [7, 11) is 1.32. The highest BCUT2D eigenvalue weighted by Gasteiger charge is 2.38. The number of ether oxygens (including phenoxy) is 1. The van der Waals surface area contributed by atoms with Crippen LogP contribution in [0, 0.1) is 0 Å². The van der Waals surface area contributed by atoms with Crippen LogP contribution in [0.5, 0.6) is 0 Å². The largest absolute Gasteiger partial charge is 0.465 e. The van der Waals surface area contributed by atoms with Crippen molar-refractivity contribution in [1.82, 2.24) is 0 Å². The molecule has 0 fully saturated rings. The van der Waals surface area contributed by atoms with Crippen LogP contribution in [0.4, 0.5) is 0 Å². The number of thioether (sulfide) groups is 2. The van der Waals surface area contributed by atoms with Gasteiger partial charge in [-0.1, -0.05) is 11.8 Å².